The van der Waals surface area contributed by atoms with Crippen molar-refractivity contribution in [2.75, 3.05) is 13.1 Å². The summed E-state index contributed by atoms with van der Waals surface area (Å²) >= 11 is 0. The molecule has 2 atom stereocenters. The van der Waals surface area contributed by atoms with E-state index < -0.39 is 0 Å². The molecule has 2 unspecified atom stereocenters. The van der Waals surface area contributed by atoms with Crippen LogP contribution in [0, 0.1) is 5.92 Å². The quantitative estimate of drug-likeness (QED) is 0.886. The molecule has 0 spiro atoms. The molecule has 1 N–H and O–H groups in total. The number of nitrogens with one attached hydrogen (secondary N) is 1. The van der Waals surface area contributed by atoms with E-state index in [9.17, 15) is 0 Å². The normalized spacial score (nSPS) is 22.7. The van der Waals surface area contributed by atoms with E-state index in [1.54, 1.807) is 0 Å². The number of rotatable bonds is 5. The molecule has 26 heavy (non-hydrogen) atoms. The van der Waals surface area contributed by atoms with Crippen LogP contribution in [0.25, 0.3) is 0 Å². The van der Waals surface area contributed by atoms with Gasteiger partial charge in [0.25, 0.3) is 0 Å². The molecule has 2 aliphatic heterocycles. The second-order valence-electron chi connectivity index (χ2n) is 7.53. The maximum atomic E-state index is 5.87. The van der Waals surface area contributed by atoms with Crippen LogP contribution in [0.5, 0.6) is 5.75 Å². The van der Waals surface area contributed by atoms with E-state index in [1.165, 1.54) is 16.8 Å². The summed E-state index contributed by atoms with van der Waals surface area (Å²) in [5.41, 5.74) is 7.34. The van der Waals surface area contributed by atoms with Crippen LogP contribution in [0.2, 0.25) is 0 Å². The van der Waals surface area contributed by atoms with Gasteiger partial charge in [-0.25, -0.2) is 0 Å². The number of likely N-dealkylation sites (tertiary alicyclic amines) is 1. The van der Waals surface area contributed by atoms with Gasteiger partial charge in [-0.1, -0.05) is 42.5 Å². The Morgan fingerprint density at radius 2 is 2.00 bits per heavy atom. The molecule has 136 valence electrons. The highest BCUT2D eigenvalue weighted by atomic mass is 16.5. The van der Waals surface area contributed by atoms with Crippen LogP contribution >= 0.6 is 0 Å². The fraction of sp³-hybridized carbons (Fsp3) is 0.409. The zero-order valence-corrected chi connectivity index (χ0v) is 15.6. The standard InChI is InChI=1S/C22H27N3O/c1-16(2)26-19-10-6-9-18(13-19)22-20-15-25(12-11-21(20)23-24-22)14-17-7-4-3-5-8-17/h3-10,13,16,20,22,24H,11-12,14-15H2,1-2H3. The minimum atomic E-state index is 0.185. The number of hydrogen-bond acceptors (Lipinski definition) is 4. The van der Waals surface area contributed by atoms with Crippen LogP contribution in [0.4, 0.5) is 0 Å². The molecule has 2 aromatic carbocycles. The van der Waals surface area contributed by atoms with Crippen molar-refractivity contribution in [1.82, 2.24) is 10.3 Å². The van der Waals surface area contributed by atoms with Crippen molar-refractivity contribution in [1.29, 1.82) is 0 Å². The summed E-state index contributed by atoms with van der Waals surface area (Å²) < 4.78 is 5.87. The highest BCUT2D eigenvalue weighted by Gasteiger charge is 2.37. The van der Waals surface area contributed by atoms with Crippen molar-refractivity contribution >= 4 is 5.71 Å². The molecule has 4 nitrogen and oxygen atoms in total. The predicted molar refractivity (Wildman–Crippen MR) is 105 cm³/mol. The van der Waals surface area contributed by atoms with Gasteiger partial charge in [0.1, 0.15) is 5.75 Å². The molecule has 0 amide bonds. The molecule has 4 rings (SSSR count). The Labute approximate surface area is 155 Å². The third-order valence-corrected chi connectivity index (χ3v) is 5.15. The summed E-state index contributed by atoms with van der Waals surface area (Å²) in [4.78, 5) is 2.55. The van der Waals surface area contributed by atoms with E-state index in [-0.39, 0.29) is 12.1 Å². The number of piperidine rings is 1. The zero-order chi connectivity index (χ0) is 17.9. The molecule has 0 bridgehead atoms. The summed E-state index contributed by atoms with van der Waals surface area (Å²) in [6, 6.07) is 19.4. The molecule has 0 saturated carbocycles. The summed E-state index contributed by atoms with van der Waals surface area (Å²) in [6.07, 6.45) is 1.23. The number of ether oxygens (including phenoxy) is 1. The van der Waals surface area contributed by atoms with Crippen molar-refractivity contribution in [3.63, 3.8) is 0 Å². The lowest BCUT2D eigenvalue weighted by Gasteiger charge is -2.33. The van der Waals surface area contributed by atoms with E-state index in [1.807, 2.05) is 6.07 Å². The lowest BCUT2D eigenvalue weighted by Crippen LogP contribution is -2.41. The number of benzene rings is 2. The van der Waals surface area contributed by atoms with Crippen LogP contribution < -0.4 is 10.2 Å². The van der Waals surface area contributed by atoms with Crippen molar-refractivity contribution in [3.8, 4) is 5.75 Å². The first-order valence-electron chi connectivity index (χ1n) is 9.54. The van der Waals surface area contributed by atoms with Crippen LogP contribution in [-0.4, -0.2) is 29.8 Å². The first-order valence-corrected chi connectivity index (χ1v) is 9.54. The number of nitrogens with zero attached hydrogens (tertiary/aromatic N) is 2. The summed E-state index contributed by atoms with van der Waals surface area (Å²) in [6.45, 7) is 7.25. The van der Waals surface area contributed by atoms with Gasteiger partial charge in [-0.05, 0) is 37.1 Å². The maximum Gasteiger partial charge on any atom is 0.120 e. The summed E-state index contributed by atoms with van der Waals surface area (Å²) in [5.74, 6) is 1.37. The van der Waals surface area contributed by atoms with Gasteiger partial charge in [-0.15, -0.1) is 0 Å². The number of fused-ring (bicyclic) bond motifs is 1. The van der Waals surface area contributed by atoms with Crippen molar-refractivity contribution in [3.05, 3.63) is 65.7 Å². The second-order valence-corrected chi connectivity index (χ2v) is 7.53. The highest BCUT2D eigenvalue weighted by molar-refractivity contribution is 5.89. The molecular weight excluding hydrogens is 322 g/mol. The average molecular weight is 349 g/mol. The van der Waals surface area contributed by atoms with Gasteiger partial charge >= 0.3 is 0 Å². The molecule has 2 aromatic rings. The van der Waals surface area contributed by atoms with Gasteiger partial charge in [-0.3, -0.25) is 4.90 Å². The Bertz CT molecular complexity index is 772. The molecule has 0 aromatic heterocycles. The van der Waals surface area contributed by atoms with Crippen LogP contribution in [0.15, 0.2) is 59.7 Å². The Morgan fingerprint density at radius 1 is 1.15 bits per heavy atom. The Hall–Kier alpha value is -2.33. The van der Waals surface area contributed by atoms with E-state index in [2.05, 4.69) is 77.8 Å². The Balaban J connectivity index is 1.48. The maximum absolute atomic E-state index is 5.87. The molecular formula is C22H27N3O. The van der Waals surface area contributed by atoms with E-state index >= 15 is 0 Å². The summed E-state index contributed by atoms with van der Waals surface area (Å²) in [5, 5.41) is 4.65. The fourth-order valence-corrected chi connectivity index (χ4v) is 3.96. The molecule has 0 aliphatic carbocycles. The zero-order valence-electron chi connectivity index (χ0n) is 15.6. The highest BCUT2D eigenvalue weighted by Crippen LogP contribution is 2.34. The first kappa shape index (κ1) is 17.1. The summed E-state index contributed by atoms with van der Waals surface area (Å²) in [7, 11) is 0. The topological polar surface area (TPSA) is 36.9 Å². The van der Waals surface area contributed by atoms with E-state index in [4.69, 9.17) is 4.74 Å². The second kappa shape index (κ2) is 7.50. The van der Waals surface area contributed by atoms with Gasteiger partial charge < -0.3 is 10.2 Å². The average Bonchev–Trinajstić information content (AvgIpc) is 3.05. The third kappa shape index (κ3) is 3.75. The number of hydrogen-bond donors (Lipinski definition) is 1. The molecule has 1 saturated heterocycles. The van der Waals surface area contributed by atoms with Gasteiger partial charge in [0.2, 0.25) is 0 Å². The van der Waals surface area contributed by atoms with E-state index in [0.29, 0.717) is 5.92 Å². The molecule has 2 heterocycles. The van der Waals surface area contributed by atoms with Crippen molar-refractivity contribution < 1.29 is 4.74 Å². The largest absolute Gasteiger partial charge is 0.491 e. The van der Waals surface area contributed by atoms with Crippen molar-refractivity contribution in [2.45, 2.75) is 39.0 Å². The van der Waals surface area contributed by atoms with Crippen LogP contribution in [0.3, 0.4) is 0 Å². The van der Waals surface area contributed by atoms with Gasteiger partial charge in [0.05, 0.1) is 12.1 Å². The van der Waals surface area contributed by atoms with Crippen LogP contribution in [-0.2, 0) is 6.54 Å². The Morgan fingerprint density at radius 3 is 2.81 bits per heavy atom. The van der Waals surface area contributed by atoms with Gasteiger partial charge in [-0.2, -0.15) is 5.10 Å². The smallest absolute Gasteiger partial charge is 0.120 e. The molecule has 4 heteroatoms. The van der Waals surface area contributed by atoms with E-state index in [0.717, 1.165) is 31.8 Å². The minimum absolute atomic E-state index is 0.185. The fourth-order valence-electron chi connectivity index (χ4n) is 3.96. The number of hydrazone groups is 1. The van der Waals surface area contributed by atoms with Gasteiger partial charge in [0, 0.05) is 37.7 Å². The molecule has 2 aliphatic rings. The molecule has 1 fully saturated rings. The van der Waals surface area contributed by atoms with Crippen LogP contribution in [0.1, 0.15) is 37.4 Å². The molecule has 0 radical (unpaired) electrons. The SMILES string of the molecule is CC(C)Oc1cccc(C2NN=C3CCN(Cc4ccccc4)CC32)c1. The minimum Gasteiger partial charge on any atom is -0.491 e. The lowest BCUT2D eigenvalue weighted by atomic mass is 9.86. The van der Waals surface area contributed by atoms with Gasteiger partial charge in [0.15, 0.2) is 0 Å². The monoisotopic (exact) mass is 349 g/mol. The third-order valence-electron chi connectivity index (χ3n) is 5.15. The predicted octanol–water partition coefficient (Wildman–Crippen LogP) is 4.00. The van der Waals surface area contributed by atoms with Crippen molar-refractivity contribution in [2.24, 2.45) is 11.0 Å². The Kier molecular flexibility index (Phi) is 4.93. The first-order chi connectivity index (χ1) is 12.7. The lowest BCUT2D eigenvalue weighted by molar-refractivity contribution is 0.219.